The first-order chi connectivity index (χ1) is 8.60. The zero-order valence-corrected chi connectivity index (χ0v) is 11.0. The van der Waals surface area contributed by atoms with Gasteiger partial charge in [-0.2, -0.15) is 0 Å². The number of amides is 1. The average Bonchev–Trinajstić information content (AvgIpc) is 2.78. The molecular weight excluding hydrogens is 234 g/mol. The average molecular weight is 257 g/mol. The van der Waals surface area contributed by atoms with Crippen LogP contribution in [0.5, 0.6) is 0 Å². The number of rotatable bonds is 8. The molecule has 5 nitrogen and oxygen atoms in total. The van der Waals surface area contributed by atoms with E-state index in [1.54, 1.807) is 0 Å². The van der Waals surface area contributed by atoms with Crippen molar-refractivity contribution in [3.63, 3.8) is 0 Å². The Morgan fingerprint density at radius 2 is 2.00 bits per heavy atom. The smallest absolute Gasteiger partial charge is 0.310 e. The maximum absolute atomic E-state index is 11.7. The molecule has 0 heterocycles. The van der Waals surface area contributed by atoms with E-state index in [1.165, 1.54) is 0 Å². The van der Waals surface area contributed by atoms with Gasteiger partial charge in [0.05, 0.1) is 5.41 Å². The van der Waals surface area contributed by atoms with Crippen molar-refractivity contribution in [2.75, 3.05) is 19.8 Å². The van der Waals surface area contributed by atoms with E-state index in [1.807, 2.05) is 6.92 Å². The van der Waals surface area contributed by atoms with Crippen LogP contribution in [-0.2, 0) is 14.3 Å². The minimum absolute atomic E-state index is 0.108. The molecule has 0 aromatic rings. The summed E-state index contributed by atoms with van der Waals surface area (Å²) in [5.41, 5.74) is -0.815. The van der Waals surface area contributed by atoms with E-state index in [2.05, 4.69) is 5.32 Å². The van der Waals surface area contributed by atoms with Gasteiger partial charge >= 0.3 is 5.97 Å². The summed E-state index contributed by atoms with van der Waals surface area (Å²) in [5.74, 6) is -0.986. The Hall–Kier alpha value is -1.10. The quantitative estimate of drug-likeness (QED) is 0.647. The van der Waals surface area contributed by atoms with Gasteiger partial charge < -0.3 is 15.2 Å². The second kappa shape index (κ2) is 7.36. The fourth-order valence-electron chi connectivity index (χ4n) is 2.43. The first-order valence-corrected chi connectivity index (χ1v) is 6.68. The van der Waals surface area contributed by atoms with Crippen molar-refractivity contribution in [1.82, 2.24) is 5.32 Å². The summed E-state index contributed by atoms with van der Waals surface area (Å²) in [6, 6.07) is 0. The van der Waals surface area contributed by atoms with E-state index >= 15 is 0 Å². The molecule has 1 aliphatic carbocycles. The fraction of sp³-hybridized carbons (Fsp3) is 0.846. The van der Waals surface area contributed by atoms with E-state index < -0.39 is 11.4 Å². The Bertz CT molecular complexity index is 285. The summed E-state index contributed by atoms with van der Waals surface area (Å²) in [7, 11) is 0. The minimum Gasteiger partial charge on any atom is -0.481 e. The Morgan fingerprint density at radius 3 is 2.56 bits per heavy atom. The molecule has 0 unspecified atom stereocenters. The zero-order chi connectivity index (χ0) is 13.4. The van der Waals surface area contributed by atoms with Crippen molar-refractivity contribution in [3.8, 4) is 0 Å². The molecule has 0 aliphatic heterocycles. The van der Waals surface area contributed by atoms with Gasteiger partial charge in [0.25, 0.3) is 0 Å². The number of hydrogen-bond acceptors (Lipinski definition) is 3. The second-order valence-corrected chi connectivity index (χ2v) is 4.87. The molecule has 1 aliphatic rings. The standard InChI is InChI=1S/C13H23NO4/c1-2-18-9-5-8-14-11(15)10-13(12(16)17)6-3-4-7-13/h2-10H2,1H3,(H,14,15)(H,16,17). The molecular formula is C13H23NO4. The van der Waals surface area contributed by atoms with Crippen LogP contribution in [0.15, 0.2) is 0 Å². The third kappa shape index (κ3) is 4.29. The first-order valence-electron chi connectivity index (χ1n) is 6.68. The molecule has 0 saturated heterocycles. The van der Waals surface area contributed by atoms with E-state index in [-0.39, 0.29) is 12.3 Å². The second-order valence-electron chi connectivity index (χ2n) is 4.87. The molecule has 1 amide bonds. The van der Waals surface area contributed by atoms with Gasteiger partial charge in [0.15, 0.2) is 0 Å². The largest absolute Gasteiger partial charge is 0.481 e. The van der Waals surface area contributed by atoms with Crippen LogP contribution < -0.4 is 5.32 Å². The predicted octanol–water partition coefficient (Wildman–Crippen LogP) is 1.56. The van der Waals surface area contributed by atoms with Crippen LogP contribution in [0, 0.1) is 5.41 Å². The third-order valence-corrected chi connectivity index (χ3v) is 3.51. The van der Waals surface area contributed by atoms with Crippen molar-refractivity contribution < 1.29 is 19.4 Å². The lowest BCUT2D eigenvalue weighted by atomic mass is 9.82. The van der Waals surface area contributed by atoms with E-state index in [9.17, 15) is 14.7 Å². The van der Waals surface area contributed by atoms with Crippen LogP contribution in [0.1, 0.15) is 45.4 Å². The van der Waals surface area contributed by atoms with Gasteiger partial charge in [0.2, 0.25) is 5.91 Å². The van der Waals surface area contributed by atoms with Crippen LogP contribution in [-0.4, -0.2) is 36.7 Å². The molecule has 0 bridgehead atoms. The Balaban J connectivity index is 2.27. The normalized spacial score (nSPS) is 17.6. The monoisotopic (exact) mass is 257 g/mol. The fourth-order valence-corrected chi connectivity index (χ4v) is 2.43. The van der Waals surface area contributed by atoms with Crippen LogP contribution >= 0.6 is 0 Å². The lowest BCUT2D eigenvalue weighted by molar-refractivity contribution is -0.151. The molecule has 0 aromatic carbocycles. The highest BCUT2D eigenvalue weighted by Crippen LogP contribution is 2.41. The van der Waals surface area contributed by atoms with Gasteiger partial charge in [-0.1, -0.05) is 12.8 Å². The summed E-state index contributed by atoms with van der Waals surface area (Å²) in [5, 5.41) is 12.0. The van der Waals surface area contributed by atoms with Crippen molar-refractivity contribution >= 4 is 11.9 Å². The molecule has 1 rings (SSSR count). The predicted molar refractivity (Wildman–Crippen MR) is 67.3 cm³/mol. The van der Waals surface area contributed by atoms with Gasteiger partial charge in [0, 0.05) is 26.2 Å². The molecule has 1 saturated carbocycles. The van der Waals surface area contributed by atoms with E-state index in [4.69, 9.17) is 4.74 Å². The Kier molecular flexibility index (Phi) is 6.12. The Morgan fingerprint density at radius 1 is 1.33 bits per heavy atom. The van der Waals surface area contributed by atoms with Crippen LogP contribution in [0.25, 0.3) is 0 Å². The number of hydrogen-bond donors (Lipinski definition) is 2. The number of nitrogens with one attached hydrogen (secondary N) is 1. The minimum atomic E-state index is -0.829. The highest BCUT2D eigenvalue weighted by Gasteiger charge is 2.42. The third-order valence-electron chi connectivity index (χ3n) is 3.51. The lowest BCUT2D eigenvalue weighted by Gasteiger charge is -2.22. The molecule has 0 atom stereocenters. The van der Waals surface area contributed by atoms with Gasteiger partial charge in [-0.3, -0.25) is 9.59 Å². The summed E-state index contributed by atoms with van der Waals surface area (Å²) in [4.78, 5) is 23.0. The van der Waals surface area contributed by atoms with E-state index in [0.717, 1.165) is 19.3 Å². The molecule has 0 aromatic heterocycles. The van der Waals surface area contributed by atoms with Gasteiger partial charge in [-0.25, -0.2) is 0 Å². The highest BCUT2D eigenvalue weighted by atomic mass is 16.5. The SMILES string of the molecule is CCOCCCNC(=O)CC1(C(=O)O)CCCC1. The molecule has 104 valence electrons. The topological polar surface area (TPSA) is 75.6 Å². The first kappa shape index (κ1) is 15.0. The summed E-state index contributed by atoms with van der Waals surface area (Å²) in [6.07, 6.45) is 3.92. The number of ether oxygens (including phenoxy) is 1. The van der Waals surface area contributed by atoms with Gasteiger partial charge in [0.1, 0.15) is 0 Å². The van der Waals surface area contributed by atoms with Gasteiger partial charge in [-0.05, 0) is 26.2 Å². The number of carboxylic acid groups (broad SMARTS) is 1. The van der Waals surface area contributed by atoms with Crippen molar-refractivity contribution in [3.05, 3.63) is 0 Å². The molecule has 0 radical (unpaired) electrons. The van der Waals surface area contributed by atoms with Crippen molar-refractivity contribution in [2.45, 2.75) is 45.4 Å². The molecule has 18 heavy (non-hydrogen) atoms. The number of carboxylic acids is 1. The Labute approximate surface area is 108 Å². The number of carbonyl (C=O) groups is 2. The highest BCUT2D eigenvalue weighted by molar-refractivity contribution is 5.85. The molecule has 0 spiro atoms. The maximum atomic E-state index is 11.7. The zero-order valence-electron chi connectivity index (χ0n) is 11.0. The van der Waals surface area contributed by atoms with Crippen LogP contribution in [0.3, 0.4) is 0 Å². The van der Waals surface area contributed by atoms with Crippen LogP contribution in [0.4, 0.5) is 0 Å². The van der Waals surface area contributed by atoms with Crippen molar-refractivity contribution in [2.24, 2.45) is 5.41 Å². The van der Waals surface area contributed by atoms with Gasteiger partial charge in [-0.15, -0.1) is 0 Å². The number of carbonyl (C=O) groups excluding carboxylic acids is 1. The van der Waals surface area contributed by atoms with E-state index in [0.29, 0.717) is 32.6 Å². The number of aliphatic carboxylic acids is 1. The molecule has 1 fully saturated rings. The maximum Gasteiger partial charge on any atom is 0.310 e. The van der Waals surface area contributed by atoms with Crippen molar-refractivity contribution in [1.29, 1.82) is 0 Å². The molecule has 2 N–H and O–H groups in total. The van der Waals surface area contributed by atoms with Crippen LogP contribution in [0.2, 0.25) is 0 Å². The summed E-state index contributed by atoms with van der Waals surface area (Å²) in [6.45, 7) is 3.78. The lowest BCUT2D eigenvalue weighted by Crippen LogP contribution is -2.36. The summed E-state index contributed by atoms with van der Waals surface area (Å²) < 4.78 is 5.16. The summed E-state index contributed by atoms with van der Waals surface area (Å²) >= 11 is 0. The molecule has 5 heteroatoms.